The van der Waals surface area contributed by atoms with Gasteiger partial charge < -0.3 is 19.9 Å². The summed E-state index contributed by atoms with van der Waals surface area (Å²) in [6.45, 7) is 1.76. The fraction of sp³-hybridized carbons (Fsp3) is 0.259. The molecule has 2 bridgehead atoms. The molecule has 6 rings (SSSR count). The Morgan fingerprint density at radius 3 is 2.36 bits per heavy atom. The summed E-state index contributed by atoms with van der Waals surface area (Å²) < 4.78 is 17.7. The number of nitrogens with one attached hydrogen (secondary N) is 1. The third-order valence-electron chi connectivity index (χ3n) is 7.14. The van der Waals surface area contributed by atoms with Crippen molar-refractivity contribution in [2.24, 2.45) is 7.05 Å². The summed E-state index contributed by atoms with van der Waals surface area (Å²) in [6.07, 6.45) is 7.30. The molecule has 2 atom stereocenters. The first-order valence-electron chi connectivity index (χ1n) is 11.9. The number of imidazole rings is 1. The Morgan fingerprint density at radius 2 is 1.72 bits per heavy atom. The SMILES string of the molecule is Cn1ccn(-c2ccc(-c3cc(F)cc(-c4ccnc(N5CC6CCC(C5)N6)c4)c3O)cc2Cl)c1=O. The molecule has 0 aliphatic carbocycles. The summed E-state index contributed by atoms with van der Waals surface area (Å²) in [5.74, 6) is 0.294. The highest BCUT2D eigenvalue weighted by atomic mass is 35.5. The van der Waals surface area contributed by atoms with Crippen LogP contribution in [0.2, 0.25) is 5.02 Å². The summed E-state index contributed by atoms with van der Waals surface area (Å²) in [4.78, 5) is 19.1. The number of rotatable bonds is 4. The van der Waals surface area contributed by atoms with Crippen LogP contribution in [0.4, 0.5) is 10.2 Å². The number of aromatic hydroxyl groups is 1. The maximum absolute atomic E-state index is 14.8. The third kappa shape index (κ3) is 3.96. The first-order chi connectivity index (χ1) is 17.4. The van der Waals surface area contributed by atoms with E-state index in [9.17, 15) is 14.3 Å². The molecule has 2 aromatic heterocycles. The molecule has 184 valence electrons. The average Bonchev–Trinajstić information content (AvgIpc) is 3.39. The molecule has 2 aliphatic rings. The van der Waals surface area contributed by atoms with Crippen LogP contribution in [-0.2, 0) is 7.05 Å². The number of hydrogen-bond donors (Lipinski definition) is 2. The lowest BCUT2D eigenvalue weighted by Crippen LogP contribution is -2.51. The van der Waals surface area contributed by atoms with E-state index in [1.807, 2.05) is 6.07 Å². The third-order valence-corrected chi connectivity index (χ3v) is 7.44. The predicted molar refractivity (Wildman–Crippen MR) is 138 cm³/mol. The van der Waals surface area contributed by atoms with E-state index in [0.29, 0.717) is 45.0 Å². The minimum Gasteiger partial charge on any atom is -0.507 e. The standard InChI is InChI=1S/C27H25ClFN5O2/c1-32-8-9-34(27(32)36)24-5-2-16(10-23(24)28)21-12-18(29)13-22(26(21)35)17-6-7-30-25(11-17)33-14-19-3-4-20(15-33)31-19/h2,5-13,19-20,31,35H,3-4,14-15H2,1H3. The maximum atomic E-state index is 14.8. The number of hydrogen-bond acceptors (Lipinski definition) is 5. The lowest BCUT2D eigenvalue weighted by Gasteiger charge is -2.33. The van der Waals surface area contributed by atoms with Crippen LogP contribution in [0.15, 0.2) is 65.8 Å². The van der Waals surface area contributed by atoms with Crippen LogP contribution in [0.3, 0.4) is 0 Å². The van der Waals surface area contributed by atoms with Crippen LogP contribution in [-0.4, -0.2) is 44.4 Å². The monoisotopic (exact) mass is 505 g/mol. The van der Waals surface area contributed by atoms with E-state index in [2.05, 4.69) is 15.2 Å². The summed E-state index contributed by atoms with van der Waals surface area (Å²) >= 11 is 6.52. The molecular formula is C27H25ClFN5O2. The van der Waals surface area contributed by atoms with Gasteiger partial charge >= 0.3 is 5.69 Å². The van der Waals surface area contributed by atoms with Gasteiger partial charge in [-0.1, -0.05) is 17.7 Å². The van der Waals surface area contributed by atoms with Crippen molar-refractivity contribution in [3.8, 4) is 33.7 Å². The van der Waals surface area contributed by atoms with Crippen molar-refractivity contribution in [2.45, 2.75) is 24.9 Å². The Balaban J connectivity index is 1.37. The number of halogens is 2. The molecule has 0 saturated carbocycles. The number of phenolic OH excluding ortho intramolecular Hbond substituents is 1. The first-order valence-corrected chi connectivity index (χ1v) is 12.3. The van der Waals surface area contributed by atoms with Crippen LogP contribution in [0, 0.1) is 5.82 Å². The second-order valence-corrected chi connectivity index (χ2v) is 9.93. The quantitative estimate of drug-likeness (QED) is 0.431. The Morgan fingerprint density at radius 1 is 1.03 bits per heavy atom. The van der Waals surface area contributed by atoms with Crippen LogP contribution in [0.25, 0.3) is 27.9 Å². The number of fused-ring (bicyclic) bond motifs is 2. The molecule has 9 heteroatoms. The minimum absolute atomic E-state index is 0.0466. The van der Waals surface area contributed by atoms with E-state index in [1.54, 1.807) is 49.9 Å². The molecule has 2 fully saturated rings. The van der Waals surface area contributed by atoms with Crippen molar-refractivity contribution in [3.05, 3.63) is 82.4 Å². The van der Waals surface area contributed by atoms with Gasteiger partial charge in [-0.25, -0.2) is 14.2 Å². The number of anilines is 1. The highest BCUT2D eigenvalue weighted by Gasteiger charge is 2.32. The van der Waals surface area contributed by atoms with Gasteiger partial charge in [0.1, 0.15) is 17.4 Å². The second kappa shape index (κ2) is 8.80. The fourth-order valence-electron chi connectivity index (χ4n) is 5.30. The van der Waals surface area contributed by atoms with E-state index < -0.39 is 5.82 Å². The van der Waals surface area contributed by atoms with Crippen molar-refractivity contribution < 1.29 is 9.50 Å². The number of phenols is 1. The van der Waals surface area contributed by atoms with Gasteiger partial charge in [0.25, 0.3) is 0 Å². The van der Waals surface area contributed by atoms with E-state index in [0.717, 1.165) is 31.7 Å². The Labute approximate surface area is 212 Å². The molecule has 4 aromatic rings. The molecule has 36 heavy (non-hydrogen) atoms. The van der Waals surface area contributed by atoms with Crippen molar-refractivity contribution in [1.29, 1.82) is 0 Å². The lowest BCUT2D eigenvalue weighted by molar-refractivity contribution is 0.463. The predicted octanol–water partition coefficient (Wildman–Crippen LogP) is 4.34. The normalized spacial score (nSPS) is 19.1. The molecule has 2 saturated heterocycles. The van der Waals surface area contributed by atoms with E-state index in [-0.39, 0.29) is 11.4 Å². The van der Waals surface area contributed by atoms with Gasteiger partial charge in [-0.15, -0.1) is 0 Å². The number of piperazine rings is 1. The van der Waals surface area contributed by atoms with Gasteiger partial charge in [0.05, 0.1) is 10.7 Å². The van der Waals surface area contributed by atoms with E-state index in [1.165, 1.54) is 21.3 Å². The molecular weight excluding hydrogens is 481 g/mol. The average molecular weight is 506 g/mol. The highest BCUT2D eigenvalue weighted by Crippen LogP contribution is 2.41. The Kier molecular flexibility index (Phi) is 5.58. The Bertz CT molecular complexity index is 1520. The molecule has 0 spiro atoms. The maximum Gasteiger partial charge on any atom is 0.332 e. The van der Waals surface area contributed by atoms with Gasteiger partial charge in [0.15, 0.2) is 0 Å². The lowest BCUT2D eigenvalue weighted by atomic mass is 9.97. The van der Waals surface area contributed by atoms with Gasteiger partial charge in [0, 0.05) is 61.9 Å². The largest absolute Gasteiger partial charge is 0.507 e. The van der Waals surface area contributed by atoms with E-state index >= 15 is 0 Å². The fourth-order valence-corrected chi connectivity index (χ4v) is 5.57. The second-order valence-electron chi connectivity index (χ2n) is 9.52. The molecule has 0 radical (unpaired) electrons. The molecule has 2 unspecified atom stereocenters. The Hall–Kier alpha value is -3.62. The summed E-state index contributed by atoms with van der Waals surface area (Å²) in [5.41, 5.74) is 2.20. The smallest absolute Gasteiger partial charge is 0.332 e. The first kappa shape index (κ1) is 22.8. The van der Waals surface area contributed by atoms with Crippen LogP contribution < -0.4 is 15.9 Å². The number of nitrogens with zero attached hydrogens (tertiary/aromatic N) is 4. The summed E-state index contributed by atoms with van der Waals surface area (Å²) in [5, 5.41) is 15.2. The number of pyridine rings is 1. The van der Waals surface area contributed by atoms with Crippen LogP contribution in [0.5, 0.6) is 5.75 Å². The number of aromatic nitrogens is 3. The highest BCUT2D eigenvalue weighted by molar-refractivity contribution is 6.32. The van der Waals surface area contributed by atoms with Gasteiger partial charge in [-0.3, -0.25) is 4.57 Å². The summed E-state index contributed by atoms with van der Waals surface area (Å²) in [7, 11) is 1.66. The molecule has 2 N–H and O–H groups in total. The molecule has 7 nitrogen and oxygen atoms in total. The zero-order chi connectivity index (χ0) is 25.0. The van der Waals surface area contributed by atoms with Crippen molar-refractivity contribution in [2.75, 3.05) is 18.0 Å². The summed E-state index contributed by atoms with van der Waals surface area (Å²) in [6, 6.07) is 12.2. The van der Waals surface area contributed by atoms with Gasteiger partial charge in [-0.05, 0) is 60.4 Å². The van der Waals surface area contributed by atoms with Gasteiger partial charge in [0.2, 0.25) is 0 Å². The molecule has 2 aliphatic heterocycles. The zero-order valence-electron chi connectivity index (χ0n) is 19.7. The zero-order valence-corrected chi connectivity index (χ0v) is 20.4. The molecule has 2 aromatic carbocycles. The van der Waals surface area contributed by atoms with Crippen molar-refractivity contribution >= 4 is 17.4 Å². The van der Waals surface area contributed by atoms with E-state index in [4.69, 9.17) is 11.6 Å². The minimum atomic E-state index is -0.476. The molecule has 4 heterocycles. The van der Waals surface area contributed by atoms with Gasteiger partial charge in [-0.2, -0.15) is 0 Å². The number of aryl methyl sites for hydroxylation is 1. The van der Waals surface area contributed by atoms with Crippen molar-refractivity contribution in [1.82, 2.24) is 19.4 Å². The molecule has 0 amide bonds. The van der Waals surface area contributed by atoms with Crippen molar-refractivity contribution in [3.63, 3.8) is 0 Å². The van der Waals surface area contributed by atoms with Crippen LogP contribution in [0.1, 0.15) is 12.8 Å². The van der Waals surface area contributed by atoms with Crippen LogP contribution >= 0.6 is 11.6 Å². The topological polar surface area (TPSA) is 75.3 Å². The number of benzene rings is 2.